The van der Waals surface area contributed by atoms with Gasteiger partial charge in [0.2, 0.25) is 0 Å². The highest BCUT2D eigenvalue weighted by Crippen LogP contribution is 2.21. The van der Waals surface area contributed by atoms with Gasteiger partial charge < -0.3 is 0 Å². The van der Waals surface area contributed by atoms with E-state index in [1.165, 1.54) is 6.42 Å². The average molecular weight is 266 g/mol. The van der Waals surface area contributed by atoms with Crippen molar-refractivity contribution in [1.82, 2.24) is 19.6 Å². The van der Waals surface area contributed by atoms with Gasteiger partial charge in [-0.15, -0.1) is 0 Å². The lowest BCUT2D eigenvalue weighted by Crippen LogP contribution is -1.98. The van der Waals surface area contributed by atoms with Gasteiger partial charge in [-0.2, -0.15) is 5.10 Å². The van der Waals surface area contributed by atoms with Crippen molar-refractivity contribution >= 4 is 5.65 Å². The predicted octanol–water partition coefficient (Wildman–Crippen LogP) is 3.44. The van der Waals surface area contributed by atoms with Crippen LogP contribution in [0.1, 0.15) is 31.2 Å². The molecule has 0 spiro atoms. The van der Waals surface area contributed by atoms with E-state index < -0.39 is 0 Å². The first-order valence-corrected chi connectivity index (χ1v) is 7.04. The number of fused-ring (bicyclic) bond motifs is 1. The zero-order valence-electron chi connectivity index (χ0n) is 11.9. The molecule has 0 N–H and O–H groups in total. The molecule has 102 valence electrons. The van der Waals surface area contributed by atoms with E-state index in [9.17, 15) is 0 Å². The second-order valence-electron chi connectivity index (χ2n) is 5.03. The van der Waals surface area contributed by atoms with Gasteiger partial charge in [0, 0.05) is 29.7 Å². The van der Waals surface area contributed by atoms with E-state index in [4.69, 9.17) is 5.10 Å². The van der Waals surface area contributed by atoms with E-state index in [-0.39, 0.29) is 0 Å². The van der Waals surface area contributed by atoms with E-state index in [2.05, 4.69) is 29.0 Å². The Morgan fingerprint density at radius 2 is 1.95 bits per heavy atom. The molecule has 4 heteroatoms. The highest BCUT2D eigenvalue weighted by Gasteiger charge is 2.09. The van der Waals surface area contributed by atoms with Crippen LogP contribution in [0.25, 0.3) is 16.9 Å². The van der Waals surface area contributed by atoms with Crippen LogP contribution in [0.4, 0.5) is 0 Å². The first-order valence-electron chi connectivity index (χ1n) is 7.04. The van der Waals surface area contributed by atoms with Gasteiger partial charge in [0.05, 0.1) is 11.4 Å². The van der Waals surface area contributed by atoms with Crippen molar-refractivity contribution in [3.05, 3.63) is 48.0 Å². The minimum absolute atomic E-state index is 0.919. The van der Waals surface area contributed by atoms with Crippen molar-refractivity contribution in [3.8, 4) is 11.3 Å². The summed E-state index contributed by atoms with van der Waals surface area (Å²) in [6, 6.07) is 8.16. The van der Waals surface area contributed by atoms with Crippen LogP contribution in [0.2, 0.25) is 0 Å². The molecule has 0 atom stereocenters. The summed E-state index contributed by atoms with van der Waals surface area (Å²) in [5, 5.41) is 4.70. The van der Waals surface area contributed by atoms with E-state index >= 15 is 0 Å². The smallest absolute Gasteiger partial charge is 0.156 e. The Labute approximate surface area is 118 Å². The lowest BCUT2D eigenvalue weighted by Gasteiger charge is -2.05. The molecule has 0 aliphatic heterocycles. The quantitative estimate of drug-likeness (QED) is 0.726. The number of aromatic nitrogens is 4. The molecule has 0 aliphatic rings. The summed E-state index contributed by atoms with van der Waals surface area (Å²) < 4.78 is 1.94. The molecule has 0 fully saturated rings. The average Bonchev–Trinajstić information content (AvgIpc) is 2.87. The van der Waals surface area contributed by atoms with Crippen LogP contribution in [0.15, 0.2) is 36.7 Å². The van der Waals surface area contributed by atoms with Crippen molar-refractivity contribution in [1.29, 1.82) is 0 Å². The number of aryl methyl sites for hydroxylation is 2. The van der Waals surface area contributed by atoms with Gasteiger partial charge in [0.25, 0.3) is 0 Å². The fraction of sp³-hybridized carbons (Fsp3) is 0.312. The zero-order valence-corrected chi connectivity index (χ0v) is 11.9. The standard InChI is InChI=1S/C16H18N4/c1-3-4-5-14-11-16-18-12(2)10-15(20(16)19-14)13-6-8-17-9-7-13/h6-11H,3-5H2,1-2H3. The van der Waals surface area contributed by atoms with Crippen LogP contribution in [0, 0.1) is 6.92 Å². The molecular weight excluding hydrogens is 248 g/mol. The van der Waals surface area contributed by atoms with E-state index in [1.807, 2.05) is 23.6 Å². The Hall–Kier alpha value is -2.23. The molecular formula is C16H18N4. The summed E-state index contributed by atoms with van der Waals surface area (Å²) in [5.41, 5.74) is 5.22. The molecule has 3 heterocycles. The molecule has 3 aromatic rings. The molecule has 20 heavy (non-hydrogen) atoms. The summed E-state index contributed by atoms with van der Waals surface area (Å²) >= 11 is 0. The number of unbranched alkanes of at least 4 members (excludes halogenated alkanes) is 1. The summed E-state index contributed by atoms with van der Waals surface area (Å²) in [6.07, 6.45) is 6.95. The normalized spacial score (nSPS) is 11.1. The molecule has 0 radical (unpaired) electrons. The number of nitrogens with zero attached hydrogens (tertiary/aromatic N) is 4. The highest BCUT2D eigenvalue weighted by molar-refractivity contribution is 5.62. The van der Waals surface area contributed by atoms with Crippen LogP contribution in [-0.4, -0.2) is 19.6 Å². The SMILES string of the molecule is CCCCc1cc2nc(C)cc(-c3ccncc3)n2n1. The maximum atomic E-state index is 4.70. The number of pyridine rings is 1. The van der Waals surface area contributed by atoms with Gasteiger partial charge in [-0.3, -0.25) is 4.98 Å². The molecule has 3 aromatic heterocycles. The first kappa shape index (κ1) is 12.8. The molecule has 0 aliphatic carbocycles. The third-order valence-corrected chi connectivity index (χ3v) is 3.37. The maximum Gasteiger partial charge on any atom is 0.156 e. The topological polar surface area (TPSA) is 43.1 Å². The van der Waals surface area contributed by atoms with Crippen molar-refractivity contribution in [2.24, 2.45) is 0 Å². The van der Waals surface area contributed by atoms with Crippen LogP contribution < -0.4 is 0 Å². The molecule has 0 saturated heterocycles. The van der Waals surface area contributed by atoms with Crippen LogP contribution in [-0.2, 0) is 6.42 Å². The third kappa shape index (κ3) is 2.41. The molecule has 0 unspecified atom stereocenters. The van der Waals surface area contributed by atoms with Gasteiger partial charge in [-0.1, -0.05) is 13.3 Å². The van der Waals surface area contributed by atoms with E-state index in [0.717, 1.165) is 41.1 Å². The van der Waals surface area contributed by atoms with Crippen molar-refractivity contribution in [2.75, 3.05) is 0 Å². The molecule has 3 rings (SSSR count). The second kappa shape index (κ2) is 5.41. The number of hydrogen-bond acceptors (Lipinski definition) is 3. The third-order valence-electron chi connectivity index (χ3n) is 3.37. The number of hydrogen-bond donors (Lipinski definition) is 0. The predicted molar refractivity (Wildman–Crippen MR) is 79.6 cm³/mol. The molecule has 4 nitrogen and oxygen atoms in total. The van der Waals surface area contributed by atoms with Crippen molar-refractivity contribution in [3.63, 3.8) is 0 Å². The van der Waals surface area contributed by atoms with Gasteiger partial charge >= 0.3 is 0 Å². The molecule has 0 amide bonds. The largest absolute Gasteiger partial charge is 0.265 e. The van der Waals surface area contributed by atoms with Crippen molar-refractivity contribution in [2.45, 2.75) is 33.1 Å². The Bertz CT molecular complexity index is 716. The van der Waals surface area contributed by atoms with Crippen molar-refractivity contribution < 1.29 is 0 Å². The fourth-order valence-electron chi connectivity index (χ4n) is 2.36. The fourth-order valence-corrected chi connectivity index (χ4v) is 2.36. The molecule has 0 saturated carbocycles. The summed E-state index contributed by atoms with van der Waals surface area (Å²) in [6.45, 7) is 4.21. The Morgan fingerprint density at radius 3 is 2.70 bits per heavy atom. The maximum absolute atomic E-state index is 4.70. The first-order chi connectivity index (χ1) is 9.78. The number of rotatable bonds is 4. The van der Waals surface area contributed by atoms with E-state index in [0.29, 0.717) is 0 Å². The van der Waals surface area contributed by atoms with Crippen LogP contribution in [0.5, 0.6) is 0 Å². The zero-order chi connectivity index (χ0) is 13.9. The van der Waals surface area contributed by atoms with E-state index in [1.54, 1.807) is 12.4 Å². The summed E-state index contributed by atoms with van der Waals surface area (Å²) in [5.74, 6) is 0. The monoisotopic (exact) mass is 266 g/mol. The molecule has 0 aromatic carbocycles. The summed E-state index contributed by atoms with van der Waals surface area (Å²) in [4.78, 5) is 8.65. The van der Waals surface area contributed by atoms with Crippen LogP contribution >= 0.6 is 0 Å². The minimum Gasteiger partial charge on any atom is -0.265 e. The lowest BCUT2D eigenvalue weighted by atomic mass is 10.2. The Morgan fingerprint density at radius 1 is 1.15 bits per heavy atom. The Balaban J connectivity index is 2.13. The van der Waals surface area contributed by atoms with Gasteiger partial charge in [0.15, 0.2) is 5.65 Å². The van der Waals surface area contributed by atoms with Gasteiger partial charge in [0.1, 0.15) is 0 Å². The van der Waals surface area contributed by atoms with Crippen LogP contribution in [0.3, 0.4) is 0 Å². The highest BCUT2D eigenvalue weighted by atomic mass is 15.3. The van der Waals surface area contributed by atoms with Gasteiger partial charge in [-0.05, 0) is 38.0 Å². The lowest BCUT2D eigenvalue weighted by molar-refractivity contribution is 0.762. The second-order valence-corrected chi connectivity index (χ2v) is 5.03. The summed E-state index contributed by atoms with van der Waals surface area (Å²) in [7, 11) is 0. The van der Waals surface area contributed by atoms with Gasteiger partial charge in [-0.25, -0.2) is 9.50 Å². The Kier molecular flexibility index (Phi) is 3.46. The molecule has 0 bridgehead atoms. The minimum atomic E-state index is 0.919.